The molecule has 0 aliphatic rings. The van der Waals surface area contributed by atoms with Crippen molar-refractivity contribution in [2.75, 3.05) is 23.9 Å². The van der Waals surface area contributed by atoms with Crippen LogP contribution in [0.4, 0.5) is 5.69 Å². The summed E-state index contributed by atoms with van der Waals surface area (Å²) < 4.78 is 0. The first-order chi connectivity index (χ1) is 9.72. The second-order valence-corrected chi connectivity index (χ2v) is 5.49. The summed E-state index contributed by atoms with van der Waals surface area (Å²) in [4.78, 5) is 15.3. The van der Waals surface area contributed by atoms with Gasteiger partial charge in [-0.3, -0.25) is 0 Å². The number of pyridine rings is 1. The molecule has 0 fully saturated rings. The van der Waals surface area contributed by atoms with Crippen LogP contribution in [0.1, 0.15) is 23.3 Å². The van der Waals surface area contributed by atoms with Gasteiger partial charge in [0.1, 0.15) is 0 Å². The van der Waals surface area contributed by atoms with Gasteiger partial charge in [0.25, 0.3) is 0 Å². The number of fused-ring (bicyclic) bond motifs is 1. The van der Waals surface area contributed by atoms with E-state index in [1.165, 1.54) is 0 Å². The predicted octanol–water partition coefficient (Wildman–Crippen LogP) is 3.49. The number of para-hydroxylation sites is 1. The summed E-state index contributed by atoms with van der Waals surface area (Å²) in [5.41, 5.74) is 1.63. The summed E-state index contributed by atoms with van der Waals surface area (Å²) >= 11 is 1.84. The number of hydrogen-bond acceptors (Lipinski definition) is 4. The van der Waals surface area contributed by atoms with Crippen LogP contribution >= 0.6 is 11.8 Å². The molecule has 1 aromatic heterocycles. The fraction of sp³-hybridized carbons (Fsp3) is 0.333. The van der Waals surface area contributed by atoms with Crippen molar-refractivity contribution in [1.82, 2.24) is 4.98 Å². The van der Waals surface area contributed by atoms with Gasteiger partial charge >= 0.3 is 5.97 Å². The molecule has 106 valence electrons. The van der Waals surface area contributed by atoms with E-state index in [1.807, 2.05) is 36.0 Å². The number of anilines is 1. The lowest BCUT2D eigenvalue weighted by molar-refractivity contribution is 0.0691. The molecule has 2 N–H and O–H groups in total. The highest BCUT2D eigenvalue weighted by molar-refractivity contribution is 7.98. The summed E-state index contributed by atoms with van der Waals surface area (Å²) in [7, 11) is 0. The van der Waals surface area contributed by atoms with Gasteiger partial charge in [-0.1, -0.05) is 18.2 Å². The van der Waals surface area contributed by atoms with Crippen molar-refractivity contribution in [2.24, 2.45) is 0 Å². The van der Waals surface area contributed by atoms with Crippen LogP contribution < -0.4 is 5.32 Å². The molecule has 1 aromatic carbocycles. The van der Waals surface area contributed by atoms with Gasteiger partial charge in [-0.05, 0) is 37.0 Å². The second-order valence-electron chi connectivity index (χ2n) is 4.50. The molecule has 20 heavy (non-hydrogen) atoms. The standard InChI is InChI=1S/C15H18N2O2S/c1-20-9-5-4-8-16-13-10-14(15(18)19)17-12-7-3-2-6-11(12)13/h2-3,6-7,10H,4-5,8-9H2,1H3,(H,16,17)(H,18,19). The van der Waals surface area contributed by atoms with Crippen LogP contribution in [-0.4, -0.2) is 34.6 Å². The van der Waals surface area contributed by atoms with E-state index in [0.29, 0.717) is 5.52 Å². The third-order valence-electron chi connectivity index (χ3n) is 3.03. The van der Waals surface area contributed by atoms with Gasteiger partial charge in [-0.2, -0.15) is 11.8 Å². The molecular weight excluding hydrogens is 272 g/mol. The molecule has 0 amide bonds. The minimum Gasteiger partial charge on any atom is -0.477 e. The molecule has 0 aliphatic heterocycles. The quantitative estimate of drug-likeness (QED) is 0.764. The van der Waals surface area contributed by atoms with Gasteiger partial charge in [-0.15, -0.1) is 0 Å². The highest BCUT2D eigenvalue weighted by Crippen LogP contribution is 2.23. The van der Waals surface area contributed by atoms with Crippen molar-refractivity contribution in [3.05, 3.63) is 36.0 Å². The van der Waals surface area contributed by atoms with Crippen molar-refractivity contribution >= 4 is 34.3 Å². The van der Waals surface area contributed by atoms with Gasteiger partial charge < -0.3 is 10.4 Å². The summed E-state index contributed by atoms with van der Waals surface area (Å²) in [6.07, 6.45) is 4.33. The van der Waals surface area contributed by atoms with Crippen LogP contribution in [0.25, 0.3) is 10.9 Å². The number of aromatic nitrogens is 1. The van der Waals surface area contributed by atoms with E-state index in [-0.39, 0.29) is 5.69 Å². The molecule has 0 spiro atoms. The monoisotopic (exact) mass is 290 g/mol. The molecule has 0 atom stereocenters. The third-order valence-corrected chi connectivity index (χ3v) is 3.72. The largest absolute Gasteiger partial charge is 0.477 e. The van der Waals surface area contributed by atoms with E-state index < -0.39 is 5.97 Å². The number of nitrogens with one attached hydrogen (secondary N) is 1. The van der Waals surface area contributed by atoms with Crippen LogP contribution in [0.2, 0.25) is 0 Å². The number of unbranched alkanes of at least 4 members (excludes halogenated alkanes) is 1. The first-order valence-electron chi connectivity index (χ1n) is 6.58. The Balaban J connectivity index is 2.19. The summed E-state index contributed by atoms with van der Waals surface area (Å²) in [6.45, 7) is 0.841. The molecule has 0 bridgehead atoms. The minimum absolute atomic E-state index is 0.0790. The van der Waals surface area contributed by atoms with Gasteiger partial charge in [0.2, 0.25) is 0 Å². The van der Waals surface area contributed by atoms with Crippen LogP contribution in [0, 0.1) is 0 Å². The zero-order chi connectivity index (χ0) is 14.4. The Bertz CT molecular complexity index is 601. The van der Waals surface area contributed by atoms with Crippen molar-refractivity contribution in [2.45, 2.75) is 12.8 Å². The zero-order valence-electron chi connectivity index (χ0n) is 11.4. The highest BCUT2D eigenvalue weighted by atomic mass is 32.2. The Morgan fingerprint density at radius 3 is 2.90 bits per heavy atom. The van der Waals surface area contributed by atoms with E-state index in [4.69, 9.17) is 5.11 Å². The Morgan fingerprint density at radius 2 is 2.15 bits per heavy atom. The number of thioether (sulfide) groups is 1. The molecule has 0 saturated carbocycles. The van der Waals surface area contributed by atoms with Gasteiger partial charge in [0, 0.05) is 17.6 Å². The molecular formula is C15H18N2O2S. The number of hydrogen-bond donors (Lipinski definition) is 2. The number of carbonyl (C=O) groups is 1. The van der Waals surface area contributed by atoms with Crippen molar-refractivity contribution < 1.29 is 9.90 Å². The lowest BCUT2D eigenvalue weighted by Crippen LogP contribution is -2.06. The van der Waals surface area contributed by atoms with Crippen LogP contribution in [0.15, 0.2) is 30.3 Å². The van der Waals surface area contributed by atoms with Crippen LogP contribution in [0.3, 0.4) is 0 Å². The first-order valence-corrected chi connectivity index (χ1v) is 7.97. The SMILES string of the molecule is CSCCCCNc1cc(C(=O)O)nc2ccccc12. The smallest absolute Gasteiger partial charge is 0.354 e. The average molecular weight is 290 g/mol. The van der Waals surface area contributed by atoms with Gasteiger partial charge in [-0.25, -0.2) is 9.78 Å². The Morgan fingerprint density at radius 1 is 1.35 bits per heavy atom. The fourth-order valence-electron chi connectivity index (χ4n) is 2.03. The maximum Gasteiger partial charge on any atom is 0.354 e. The molecule has 2 aromatic rings. The van der Waals surface area contributed by atoms with E-state index in [1.54, 1.807) is 6.07 Å². The number of benzene rings is 1. The van der Waals surface area contributed by atoms with Gasteiger partial charge in [0.15, 0.2) is 5.69 Å². The topological polar surface area (TPSA) is 62.2 Å². The van der Waals surface area contributed by atoms with Gasteiger partial charge in [0.05, 0.1) is 5.52 Å². The molecule has 5 heteroatoms. The predicted molar refractivity (Wildman–Crippen MR) is 84.8 cm³/mol. The van der Waals surface area contributed by atoms with E-state index in [0.717, 1.165) is 36.2 Å². The molecule has 0 saturated heterocycles. The van der Waals surface area contributed by atoms with Crippen molar-refractivity contribution in [1.29, 1.82) is 0 Å². The second kappa shape index (κ2) is 7.14. The maximum absolute atomic E-state index is 11.1. The fourth-order valence-corrected chi connectivity index (χ4v) is 2.52. The molecule has 1 heterocycles. The van der Waals surface area contributed by atoms with Crippen molar-refractivity contribution in [3.63, 3.8) is 0 Å². The number of rotatable bonds is 7. The number of carboxylic acids is 1. The number of aromatic carboxylic acids is 1. The first kappa shape index (κ1) is 14.7. The van der Waals surface area contributed by atoms with E-state index in [2.05, 4.69) is 16.6 Å². The van der Waals surface area contributed by atoms with Crippen molar-refractivity contribution in [3.8, 4) is 0 Å². The minimum atomic E-state index is -0.999. The lowest BCUT2D eigenvalue weighted by atomic mass is 10.1. The Labute approximate surface area is 122 Å². The molecule has 2 rings (SSSR count). The van der Waals surface area contributed by atoms with E-state index in [9.17, 15) is 4.79 Å². The molecule has 4 nitrogen and oxygen atoms in total. The average Bonchev–Trinajstić information content (AvgIpc) is 2.46. The number of carboxylic acid groups (broad SMARTS) is 1. The summed E-state index contributed by atoms with van der Waals surface area (Å²) in [5.74, 6) is 0.153. The molecule has 0 aliphatic carbocycles. The third kappa shape index (κ3) is 3.63. The zero-order valence-corrected chi connectivity index (χ0v) is 12.2. The highest BCUT2D eigenvalue weighted by Gasteiger charge is 2.10. The summed E-state index contributed by atoms with van der Waals surface area (Å²) in [6, 6.07) is 9.20. The Hall–Kier alpha value is -1.75. The lowest BCUT2D eigenvalue weighted by Gasteiger charge is -2.10. The molecule has 0 unspecified atom stereocenters. The Kier molecular flexibility index (Phi) is 5.24. The van der Waals surface area contributed by atoms with Crippen LogP contribution in [0.5, 0.6) is 0 Å². The number of nitrogens with zero attached hydrogens (tertiary/aromatic N) is 1. The summed E-state index contributed by atoms with van der Waals surface area (Å²) in [5, 5.41) is 13.4. The maximum atomic E-state index is 11.1. The van der Waals surface area contributed by atoms with Crippen LogP contribution in [-0.2, 0) is 0 Å². The molecule has 0 radical (unpaired) electrons. The normalized spacial score (nSPS) is 10.7. The van der Waals surface area contributed by atoms with E-state index >= 15 is 0 Å².